The number of carbonyl (C=O) groups excluding carboxylic acids is 1. The minimum Gasteiger partial charge on any atom is -0.372 e. The molecule has 132 valence electrons. The van der Waals surface area contributed by atoms with Gasteiger partial charge in [0.2, 0.25) is 10.0 Å². The molecule has 1 amide bonds. The first-order chi connectivity index (χ1) is 11.4. The van der Waals surface area contributed by atoms with Gasteiger partial charge in [-0.3, -0.25) is 4.79 Å². The number of ether oxygens (including phenoxy) is 1. The van der Waals surface area contributed by atoms with Crippen molar-refractivity contribution in [2.24, 2.45) is 0 Å². The van der Waals surface area contributed by atoms with Gasteiger partial charge in [-0.1, -0.05) is 0 Å². The second kappa shape index (κ2) is 6.82. The standard InChI is InChI=1S/C17H24N2O4S/c1-13-11-18(12-14(2)23-13)17(20)15-5-7-16(8-6-15)24(21,22)19-9-3-4-10-19/h5-8,13-14H,3-4,9-12H2,1-2H3/t13-,14+. The maximum atomic E-state index is 12.6. The molecule has 2 aliphatic heterocycles. The molecule has 0 unspecified atom stereocenters. The zero-order valence-corrected chi connectivity index (χ0v) is 15.0. The molecular formula is C17H24N2O4S. The molecule has 2 saturated heterocycles. The maximum absolute atomic E-state index is 12.6. The van der Waals surface area contributed by atoms with Crippen LogP contribution in [0.5, 0.6) is 0 Å². The zero-order chi connectivity index (χ0) is 17.3. The van der Waals surface area contributed by atoms with Gasteiger partial charge < -0.3 is 9.64 Å². The van der Waals surface area contributed by atoms with Crippen LogP contribution in [0.15, 0.2) is 29.2 Å². The van der Waals surface area contributed by atoms with Crippen LogP contribution < -0.4 is 0 Å². The van der Waals surface area contributed by atoms with Crippen LogP contribution in [-0.2, 0) is 14.8 Å². The Kier molecular flexibility index (Phi) is 4.94. The molecule has 0 bridgehead atoms. The lowest BCUT2D eigenvalue weighted by atomic mass is 10.1. The third-order valence-electron chi connectivity index (χ3n) is 4.51. The van der Waals surface area contributed by atoms with Crippen LogP contribution in [0.25, 0.3) is 0 Å². The van der Waals surface area contributed by atoms with E-state index in [4.69, 9.17) is 4.74 Å². The van der Waals surface area contributed by atoms with E-state index in [-0.39, 0.29) is 23.0 Å². The third kappa shape index (κ3) is 3.48. The number of carbonyl (C=O) groups is 1. The Bertz CT molecular complexity index is 686. The van der Waals surface area contributed by atoms with E-state index in [0.29, 0.717) is 31.7 Å². The van der Waals surface area contributed by atoms with Gasteiger partial charge in [-0.2, -0.15) is 4.31 Å². The minimum atomic E-state index is -3.44. The zero-order valence-electron chi connectivity index (χ0n) is 14.1. The Balaban J connectivity index is 1.75. The Morgan fingerprint density at radius 3 is 2.12 bits per heavy atom. The van der Waals surface area contributed by atoms with Crippen LogP contribution in [0.3, 0.4) is 0 Å². The molecule has 2 atom stereocenters. The molecule has 6 nitrogen and oxygen atoms in total. The molecule has 1 aromatic carbocycles. The van der Waals surface area contributed by atoms with Crippen molar-refractivity contribution in [1.29, 1.82) is 0 Å². The molecule has 0 N–H and O–H groups in total. The van der Waals surface area contributed by atoms with Crippen LogP contribution >= 0.6 is 0 Å². The van der Waals surface area contributed by atoms with Gasteiger partial charge in [0.05, 0.1) is 17.1 Å². The number of hydrogen-bond donors (Lipinski definition) is 0. The minimum absolute atomic E-state index is 0.00696. The second-order valence-electron chi connectivity index (χ2n) is 6.60. The molecule has 3 rings (SSSR count). The molecule has 1 aromatic rings. The van der Waals surface area contributed by atoms with Gasteiger partial charge in [0.15, 0.2) is 0 Å². The van der Waals surface area contributed by atoms with E-state index < -0.39 is 10.0 Å². The van der Waals surface area contributed by atoms with Gasteiger partial charge in [0.1, 0.15) is 0 Å². The first-order valence-corrected chi connectivity index (χ1v) is 9.87. The smallest absolute Gasteiger partial charge is 0.254 e. The van der Waals surface area contributed by atoms with E-state index in [9.17, 15) is 13.2 Å². The van der Waals surface area contributed by atoms with Crippen molar-refractivity contribution < 1.29 is 17.9 Å². The van der Waals surface area contributed by atoms with E-state index >= 15 is 0 Å². The highest BCUT2D eigenvalue weighted by Crippen LogP contribution is 2.22. The molecule has 2 heterocycles. The summed E-state index contributed by atoms with van der Waals surface area (Å²) in [4.78, 5) is 14.6. The van der Waals surface area contributed by atoms with Crippen molar-refractivity contribution in [2.45, 2.75) is 43.8 Å². The highest BCUT2D eigenvalue weighted by atomic mass is 32.2. The quantitative estimate of drug-likeness (QED) is 0.831. The molecule has 0 aliphatic carbocycles. The number of amides is 1. The SMILES string of the molecule is C[C@@H]1CN(C(=O)c2ccc(S(=O)(=O)N3CCCC3)cc2)C[C@H](C)O1. The number of hydrogen-bond acceptors (Lipinski definition) is 4. The van der Waals surface area contributed by atoms with Crippen molar-refractivity contribution in [2.75, 3.05) is 26.2 Å². The lowest BCUT2D eigenvalue weighted by molar-refractivity contribution is -0.0586. The molecular weight excluding hydrogens is 328 g/mol. The van der Waals surface area contributed by atoms with E-state index in [1.54, 1.807) is 17.0 Å². The molecule has 24 heavy (non-hydrogen) atoms. The lowest BCUT2D eigenvalue weighted by Gasteiger charge is -2.35. The summed E-state index contributed by atoms with van der Waals surface area (Å²) in [5.74, 6) is -0.0814. The van der Waals surface area contributed by atoms with Crippen LogP contribution in [0.4, 0.5) is 0 Å². The largest absolute Gasteiger partial charge is 0.372 e. The number of sulfonamides is 1. The van der Waals surface area contributed by atoms with Gasteiger partial charge in [0.25, 0.3) is 5.91 Å². The van der Waals surface area contributed by atoms with E-state index in [2.05, 4.69) is 0 Å². The summed E-state index contributed by atoms with van der Waals surface area (Å²) in [5.41, 5.74) is 0.511. The first-order valence-electron chi connectivity index (χ1n) is 8.43. The average molecular weight is 352 g/mol. The molecule has 7 heteroatoms. The summed E-state index contributed by atoms with van der Waals surface area (Å²) < 4.78 is 32.2. The number of rotatable bonds is 3. The van der Waals surface area contributed by atoms with Gasteiger partial charge in [-0.05, 0) is 51.0 Å². The summed E-state index contributed by atoms with van der Waals surface area (Å²) >= 11 is 0. The average Bonchev–Trinajstić information content (AvgIpc) is 3.08. The predicted molar refractivity (Wildman–Crippen MR) is 90.3 cm³/mol. The molecule has 0 saturated carbocycles. The summed E-state index contributed by atoms with van der Waals surface area (Å²) in [6, 6.07) is 6.29. The van der Waals surface area contributed by atoms with Crippen molar-refractivity contribution in [3.63, 3.8) is 0 Å². The molecule has 0 radical (unpaired) electrons. The molecule has 2 fully saturated rings. The number of nitrogens with zero attached hydrogens (tertiary/aromatic N) is 2. The van der Waals surface area contributed by atoms with Crippen molar-refractivity contribution >= 4 is 15.9 Å². The first kappa shape index (κ1) is 17.4. The fourth-order valence-corrected chi connectivity index (χ4v) is 4.89. The third-order valence-corrected chi connectivity index (χ3v) is 6.42. The van der Waals surface area contributed by atoms with E-state index in [0.717, 1.165) is 12.8 Å². The fraction of sp³-hybridized carbons (Fsp3) is 0.588. The summed E-state index contributed by atoms with van der Waals surface area (Å²) in [6.07, 6.45) is 1.83. The topological polar surface area (TPSA) is 66.9 Å². The summed E-state index contributed by atoms with van der Waals surface area (Å²) in [7, 11) is -3.44. The fourth-order valence-electron chi connectivity index (χ4n) is 3.37. The Hall–Kier alpha value is -1.44. The monoisotopic (exact) mass is 352 g/mol. The van der Waals surface area contributed by atoms with Crippen molar-refractivity contribution in [3.05, 3.63) is 29.8 Å². The van der Waals surface area contributed by atoms with Gasteiger partial charge >= 0.3 is 0 Å². The van der Waals surface area contributed by atoms with E-state index in [1.165, 1.54) is 16.4 Å². The molecule has 0 spiro atoms. The van der Waals surface area contributed by atoms with Crippen molar-refractivity contribution in [1.82, 2.24) is 9.21 Å². The second-order valence-corrected chi connectivity index (χ2v) is 8.54. The Morgan fingerprint density at radius 1 is 1.04 bits per heavy atom. The highest BCUT2D eigenvalue weighted by Gasteiger charge is 2.29. The van der Waals surface area contributed by atoms with Crippen LogP contribution in [0.2, 0.25) is 0 Å². The Morgan fingerprint density at radius 2 is 1.58 bits per heavy atom. The van der Waals surface area contributed by atoms with Crippen LogP contribution in [0, 0.1) is 0 Å². The van der Waals surface area contributed by atoms with Crippen LogP contribution in [0.1, 0.15) is 37.0 Å². The lowest BCUT2D eigenvalue weighted by Crippen LogP contribution is -2.48. The summed E-state index contributed by atoms with van der Waals surface area (Å²) in [5, 5.41) is 0. The predicted octanol–water partition coefficient (Wildman–Crippen LogP) is 1.72. The van der Waals surface area contributed by atoms with E-state index in [1.807, 2.05) is 13.8 Å². The molecule has 0 aromatic heterocycles. The molecule has 2 aliphatic rings. The van der Waals surface area contributed by atoms with Gasteiger partial charge in [0, 0.05) is 31.7 Å². The Labute approximate surface area is 143 Å². The van der Waals surface area contributed by atoms with Crippen LogP contribution in [-0.4, -0.2) is 61.9 Å². The number of benzene rings is 1. The van der Waals surface area contributed by atoms with Gasteiger partial charge in [-0.25, -0.2) is 8.42 Å². The normalized spacial score (nSPS) is 25.8. The van der Waals surface area contributed by atoms with Crippen molar-refractivity contribution in [3.8, 4) is 0 Å². The number of morpholine rings is 1. The highest BCUT2D eigenvalue weighted by molar-refractivity contribution is 7.89. The maximum Gasteiger partial charge on any atom is 0.254 e. The van der Waals surface area contributed by atoms with Gasteiger partial charge in [-0.15, -0.1) is 0 Å². The summed E-state index contributed by atoms with van der Waals surface area (Å²) in [6.45, 7) is 6.15.